The number of nitrogens with two attached hydrogens (primary N) is 1. The van der Waals surface area contributed by atoms with Crippen molar-refractivity contribution in [2.45, 2.75) is 5.92 Å². The van der Waals surface area contributed by atoms with Gasteiger partial charge in [-0.25, -0.2) is 0 Å². The van der Waals surface area contributed by atoms with Gasteiger partial charge in [0.2, 0.25) is 0 Å². The van der Waals surface area contributed by atoms with Crippen molar-refractivity contribution in [1.82, 2.24) is 0 Å². The summed E-state index contributed by atoms with van der Waals surface area (Å²) in [7, 11) is 0. The zero-order valence-corrected chi connectivity index (χ0v) is 11.7. The Kier molecular flexibility index (Phi) is 3.03. The molecule has 0 aromatic heterocycles. The van der Waals surface area contributed by atoms with Crippen LogP contribution in [0.25, 0.3) is 11.1 Å². The Morgan fingerprint density at radius 2 is 1.78 bits per heavy atom. The van der Waals surface area contributed by atoms with E-state index >= 15 is 0 Å². The number of rotatable bonds is 1. The highest BCUT2D eigenvalue weighted by Gasteiger charge is 2.30. The number of halogens is 3. The summed E-state index contributed by atoms with van der Waals surface area (Å²) in [5.41, 5.74) is 10.2. The minimum Gasteiger partial charge on any atom is -0.330 e. The minimum absolute atomic E-state index is 0.142. The molecule has 1 nitrogen and oxygen atoms in total. The predicted molar refractivity (Wildman–Crippen MR) is 77.8 cm³/mol. The zero-order chi connectivity index (χ0) is 12.9. The molecule has 3 rings (SSSR count). The molecule has 0 radical (unpaired) electrons. The average Bonchev–Trinajstić information content (AvgIpc) is 2.67. The molecule has 0 fully saturated rings. The van der Waals surface area contributed by atoms with Crippen molar-refractivity contribution >= 4 is 34.8 Å². The van der Waals surface area contributed by atoms with Crippen LogP contribution in [-0.4, -0.2) is 6.54 Å². The van der Waals surface area contributed by atoms with Crippen LogP contribution in [-0.2, 0) is 0 Å². The van der Waals surface area contributed by atoms with Gasteiger partial charge >= 0.3 is 0 Å². The molecule has 1 unspecified atom stereocenters. The molecule has 0 amide bonds. The Balaban J connectivity index is 2.35. The molecule has 0 aliphatic heterocycles. The summed E-state index contributed by atoms with van der Waals surface area (Å²) >= 11 is 18.5. The lowest BCUT2D eigenvalue weighted by atomic mass is 9.97. The summed E-state index contributed by atoms with van der Waals surface area (Å²) in [4.78, 5) is 0. The van der Waals surface area contributed by atoms with Gasteiger partial charge < -0.3 is 5.73 Å². The fraction of sp³-hybridized carbons (Fsp3) is 0.143. The van der Waals surface area contributed by atoms with Crippen molar-refractivity contribution in [2.24, 2.45) is 5.73 Å². The molecule has 92 valence electrons. The highest BCUT2D eigenvalue weighted by Crippen LogP contribution is 2.49. The van der Waals surface area contributed by atoms with Gasteiger partial charge in [0.15, 0.2) is 0 Å². The monoisotopic (exact) mass is 297 g/mol. The highest BCUT2D eigenvalue weighted by molar-refractivity contribution is 6.44. The molecule has 2 aromatic rings. The van der Waals surface area contributed by atoms with Crippen LogP contribution in [0.4, 0.5) is 0 Å². The van der Waals surface area contributed by atoms with Crippen LogP contribution in [0.1, 0.15) is 17.0 Å². The second-order valence-electron chi connectivity index (χ2n) is 4.35. The van der Waals surface area contributed by atoms with E-state index in [1.165, 1.54) is 0 Å². The van der Waals surface area contributed by atoms with Gasteiger partial charge in [0.25, 0.3) is 0 Å². The SMILES string of the molecule is NCC1c2cc(Cl)ccc2-c2c1ccc(Cl)c2Cl. The highest BCUT2D eigenvalue weighted by atomic mass is 35.5. The molecule has 0 saturated carbocycles. The summed E-state index contributed by atoms with van der Waals surface area (Å²) in [6.07, 6.45) is 0. The quantitative estimate of drug-likeness (QED) is 0.810. The van der Waals surface area contributed by atoms with E-state index in [1.54, 1.807) is 0 Å². The van der Waals surface area contributed by atoms with Gasteiger partial charge in [-0.05, 0) is 34.9 Å². The van der Waals surface area contributed by atoms with Crippen LogP contribution in [0.2, 0.25) is 15.1 Å². The zero-order valence-electron chi connectivity index (χ0n) is 9.38. The third kappa shape index (κ3) is 1.66. The first-order chi connectivity index (χ1) is 8.63. The van der Waals surface area contributed by atoms with E-state index in [9.17, 15) is 0 Å². The van der Waals surface area contributed by atoms with Gasteiger partial charge in [0.1, 0.15) is 0 Å². The molecule has 0 bridgehead atoms. The minimum atomic E-state index is 0.142. The molecule has 4 heteroatoms. The maximum Gasteiger partial charge on any atom is 0.0673 e. The Bertz CT molecular complexity index is 637. The molecular weight excluding hydrogens is 289 g/mol. The summed E-state index contributed by atoms with van der Waals surface area (Å²) in [6.45, 7) is 0.526. The van der Waals surface area contributed by atoms with Gasteiger partial charge in [-0.3, -0.25) is 0 Å². The van der Waals surface area contributed by atoms with Crippen LogP contribution in [0.15, 0.2) is 30.3 Å². The first-order valence-corrected chi connectivity index (χ1v) is 6.74. The molecule has 0 saturated heterocycles. The summed E-state index contributed by atoms with van der Waals surface area (Å²) in [6, 6.07) is 9.61. The van der Waals surface area contributed by atoms with Crippen molar-refractivity contribution in [2.75, 3.05) is 6.54 Å². The molecule has 18 heavy (non-hydrogen) atoms. The smallest absolute Gasteiger partial charge is 0.0673 e. The Hall–Kier alpha value is -0.730. The third-order valence-corrected chi connectivity index (χ3v) is 4.44. The van der Waals surface area contributed by atoms with Crippen LogP contribution >= 0.6 is 34.8 Å². The number of fused-ring (bicyclic) bond motifs is 3. The second-order valence-corrected chi connectivity index (χ2v) is 5.57. The van der Waals surface area contributed by atoms with Gasteiger partial charge in [0, 0.05) is 23.0 Å². The second kappa shape index (κ2) is 4.43. The van der Waals surface area contributed by atoms with Gasteiger partial charge in [-0.2, -0.15) is 0 Å². The normalized spacial score (nSPS) is 16.6. The van der Waals surface area contributed by atoms with Crippen molar-refractivity contribution in [1.29, 1.82) is 0 Å². The van der Waals surface area contributed by atoms with Gasteiger partial charge in [0.05, 0.1) is 10.0 Å². The molecule has 0 heterocycles. The fourth-order valence-electron chi connectivity index (χ4n) is 2.60. The summed E-state index contributed by atoms with van der Waals surface area (Å²) < 4.78 is 0. The number of hydrogen-bond donors (Lipinski definition) is 1. The molecule has 2 N–H and O–H groups in total. The Morgan fingerprint density at radius 3 is 2.50 bits per heavy atom. The van der Waals surface area contributed by atoms with Crippen molar-refractivity contribution < 1.29 is 0 Å². The van der Waals surface area contributed by atoms with E-state index in [-0.39, 0.29) is 5.92 Å². The fourth-order valence-corrected chi connectivity index (χ4v) is 3.21. The van der Waals surface area contributed by atoms with Crippen LogP contribution in [0, 0.1) is 0 Å². The van der Waals surface area contributed by atoms with E-state index in [0.717, 1.165) is 22.3 Å². The molecule has 1 aliphatic carbocycles. The van der Waals surface area contributed by atoms with Crippen LogP contribution in [0.3, 0.4) is 0 Å². The predicted octanol–water partition coefficient (Wildman–Crippen LogP) is 4.72. The Morgan fingerprint density at radius 1 is 1.00 bits per heavy atom. The molecule has 1 atom stereocenters. The Labute approximate surface area is 120 Å². The van der Waals surface area contributed by atoms with E-state index in [0.29, 0.717) is 21.6 Å². The number of hydrogen-bond acceptors (Lipinski definition) is 1. The van der Waals surface area contributed by atoms with E-state index in [2.05, 4.69) is 0 Å². The van der Waals surface area contributed by atoms with Gasteiger partial charge in [-0.1, -0.05) is 46.9 Å². The first kappa shape index (κ1) is 12.3. The summed E-state index contributed by atoms with van der Waals surface area (Å²) in [5, 5.41) is 1.87. The molecule has 0 spiro atoms. The van der Waals surface area contributed by atoms with Crippen molar-refractivity contribution in [3.63, 3.8) is 0 Å². The van der Waals surface area contributed by atoms with Crippen molar-refractivity contribution in [3.8, 4) is 11.1 Å². The standard InChI is InChI=1S/C14H10Cl3N/c15-7-1-2-8-10(5-7)11(6-18)9-3-4-12(16)14(17)13(8)9/h1-5,11H,6,18H2. The third-order valence-electron chi connectivity index (χ3n) is 3.40. The maximum absolute atomic E-state index is 6.32. The van der Waals surface area contributed by atoms with E-state index in [4.69, 9.17) is 40.5 Å². The lowest BCUT2D eigenvalue weighted by Crippen LogP contribution is -2.11. The van der Waals surface area contributed by atoms with Crippen LogP contribution in [0.5, 0.6) is 0 Å². The molecule has 1 aliphatic rings. The van der Waals surface area contributed by atoms with Crippen molar-refractivity contribution in [3.05, 3.63) is 56.5 Å². The van der Waals surface area contributed by atoms with Gasteiger partial charge in [-0.15, -0.1) is 0 Å². The lowest BCUT2D eigenvalue weighted by molar-refractivity contribution is 0.841. The lowest BCUT2D eigenvalue weighted by Gasteiger charge is -2.10. The first-order valence-electron chi connectivity index (χ1n) is 5.61. The topological polar surface area (TPSA) is 26.0 Å². The summed E-state index contributed by atoms with van der Waals surface area (Å²) in [5.74, 6) is 0.142. The number of benzene rings is 2. The average molecular weight is 299 g/mol. The van der Waals surface area contributed by atoms with E-state index < -0.39 is 0 Å². The van der Waals surface area contributed by atoms with E-state index in [1.807, 2.05) is 30.3 Å². The van der Waals surface area contributed by atoms with Crippen LogP contribution < -0.4 is 5.73 Å². The largest absolute Gasteiger partial charge is 0.330 e. The molecule has 2 aromatic carbocycles. The molecular formula is C14H10Cl3N. The maximum atomic E-state index is 6.32.